The highest BCUT2D eigenvalue weighted by Gasteiger charge is 2.52. The number of hydrazine groups is 2. The van der Waals surface area contributed by atoms with Gasteiger partial charge in [0, 0.05) is 11.1 Å². The Bertz CT molecular complexity index is 1390. The second-order valence-corrected chi connectivity index (χ2v) is 12.2. The molecule has 42 heavy (non-hydrogen) atoms. The third-order valence-corrected chi connectivity index (χ3v) is 8.60. The highest BCUT2D eigenvalue weighted by atomic mass is 19.4. The van der Waals surface area contributed by atoms with Crippen LogP contribution >= 0.6 is 0 Å². The minimum Gasteiger partial charge on any atom is -0.345 e. The van der Waals surface area contributed by atoms with E-state index in [0.717, 1.165) is 30.5 Å². The van der Waals surface area contributed by atoms with Crippen LogP contribution in [0.1, 0.15) is 86.5 Å². The SMILES string of the molecule is C[C@H](c1ccc(C(=O)NCC2=NNNN2)cc1)N1C(=O)C(c2ccc(C(F)(F)F)cc2)=NC12CCC(C(C)(C)C)CC2. The lowest BCUT2D eigenvalue weighted by Gasteiger charge is -2.46. The number of carbonyl (C=O) groups excluding carboxylic acids is 2. The zero-order valence-corrected chi connectivity index (χ0v) is 24.1. The van der Waals surface area contributed by atoms with Gasteiger partial charge in [-0.05, 0) is 73.8 Å². The average molecular weight is 584 g/mol. The van der Waals surface area contributed by atoms with E-state index in [4.69, 9.17) is 4.99 Å². The topological polar surface area (TPSA) is 110 Å². The number of nitrogens with zero attached hydrogens (tertiary/aromatic N) is 3. The molecule has 0 aromatic heterocycles. The quantitative estimate of drug-likeness (QED) is 0.395. The third-order valence-electron chi connectivity index (χ3n) is 8.60. The summed E-state index contributed by atoms with van der Waals surface area (Å²) in [5, 5.41) is 6.71. The summed E-state index contributed by atoms with van der Waals surface area (Å²) in [4.78, 5) is 33.5. The van der Waals surface area contributed by atoms with Crippen LogP contribution in [-0.4, -0.2) is 40.5 Å². The molecule has 2 heterocycles. The fourth-order valence-corrected chi connectivity index (χ4v) is 6.09. The Morgan fingerprint density at radius 3 is 2.26 bits per heavy atom. The van der Waals surface area contributed by atoms with Crippen LogP contribution in [0.25, 0.3) is 0 Å². The summed E-state index contributed by atoms with van der Waals surface area (Å²) in [5.74, 6) is 0.435. The number of carbonyl (C=O) groups is 2. The molecule has 2 aromatic rings. The van der Waals surface area contributed by atoms with Gasteiger partial charge >= 0.3 is 6.18 Å². The number of benzene rings is 2. The maximum Gasteiger partial charge on any atom is 0.416 e. The van der Waals surface area contributed by atoms with Crippen molar-refractivity contribution in [3.05, 3.63) is 70.8 Å². The highest BCUT2D eigenvalue weighted by molar-refractivity contribution is 6.46. The summed E-state index contributed by atoms with van der Waals surface area (Å²) in [6, 6.07) is 11.3. The molecule has 0 saturated heterocycles. The smallest absolute Gasteiger partial charge is 0.345 e. The molecule has 224 valence electrons. The summed E-state index contributed by atoms with van der Waals surface area (Å²) in [6.07, 6.45) is -1.37. The number of aliphatic imine (C=N–C) groups is 1. The molecule has 1 saturated carbocycles. The van der Waals surface area contributed by atoms with Crippen molar-refractivity contribution in [1.29, 1.82) is 0 Å². The molecule has 3 aliphatic rings. The van der Waals surface area contributed by atoms with Crippen molar-refractivity contribution in [3.8, 4) is 0 Å². The molecule has 1 spiro atoms. The van der Waals surface area contributed by atoms with Crippen LogP contribution in [0.5, 0.6) is 0 Å². The Morgan fingerprint density at radius 2 is 1.71 bits per heavy atom. The number of hydrogen-bond acceptors (Lipinski definition) is 7. The number of halogens is 3. The summed E-state index contributed by atoms with van der Waals surface area (Å²) in [5.41, 5.74) is 8.30. The predicted molar refractivity (Wildman–Crippen MR) is 153 cm³/mol. The minimum atomic E-state index is -4.47. The van der Waals surface area contributed by atoms with Gasteiger partial charge in [-0.2, -0.15) is 13.2 Å². The Hall–Kier alpha value is -3.93. The summed E-state index contributed by atoms with van der Waals surface area (Å²) in [7, 11) is 0. The number of alkyl halides is 3. The van der Waals surface area contributed by atoms with Crippen molar-refractivity contribution in [2.24, 2.45) is 21.4 Å². The van der Waals surface area contributed by atoms with Gasteiger partial charge in [-0.1, -0.05) is 45.0 Å². The van der Waals surface area contributed by atoms with Crippen molar-refractivity contribution in [2.45, 2.75) is 71.3 Å². The van der Waals surface area contributed by atoms with E-state index in [0.29, 0.717) is 35.7 Å². The lowest BCUT2D eigenvalue weighted by Crippen LogP contribution is -2.50. The number of hydrogen-bond donors (Lipinski definition) is 4. The molecule has 5 rings (SSSR count). The van der Waals surface area contributed by atoms with Crippen LogP contribution in [-0.2, 0) is 11.0 Å². The fourth-order valence-electron chi connectivity index (χ4n) is 6.09. The molecular formula is C30H36F3N7O2. The van der Waals surface area contributed by atoms with E-state index in [1.807, 2.05) is 19.1 Å². The van der Waals surface area contributed by atoms with Gasteiger partial charge in [0.05, 0.1) is 18.2 Å². The number of nitrogens with one attached hydrogen (secondary N) is 4. The molecule has 4 N–H and O–H groups in total. The van der Waals surface area contributed by atoms with E-state index in [9.17, 15) is 22.8 Å². The molecule has 9 nitrogen and oxygen atoms in total. The molecule has 1 aliphatic carbocycles. The summed E-state index contributed by atoms with van der Waals surface area (Å²) >= 11 is 0. The van der Waals surface area contributed by atoms with Crippen LogP contribution in [0.4, 0.5) is 13.2 Å². The summed E-state index contributed by atoms with van der Waals surface area (Å²) < 4.78 is 39.6. The van der Waals surface area contributed by atoms with Gasteiger partial charge < -0.3 is 10.2 Å². The zero-order valence-electron chi connectivity index (χ0n) is 24.1. The number of amidine groups is 1. The monoisotopic (exact) mass is 583 g/mol. The Labute approximate surface area is 243 Å². The van der Waals surface area contributed by atoms with Crippen LogP contribution in [0.2, 0.25) is 0 Å². The van der Waals surface area contributed by atoms with E-state index in [-0.39, 0.29) is 35.5 Å². The Balaban J connectivity index is 1.40. The van der Waals surface area contributed by atoms with Gasteiger partial charge in [0.1, 0.15) is 11.4 Å². The molecule has 1 fully saturated rings. The van der Waals surface area contributed by atoms with E-state index >= 15 is 0 Å². The first-order chi connectivity index (χ1) is 19.8. The predicted octanol–water partition coefficient (Wildman–Crippen LogP) is 4.69. The first-order valence-electron chi connectivity index (χ1n) is 14.1. The molecule has 0 radical (unpaired) electrons. The average Bonchev–Trinajstić information content (AvgIpc) is 3.57. The van der Waals surface area contributed by atoms with Gasteiger partial charge in [0.25, 0.3) is 11.8 Å². The lowest BCUT2D eigenvalue weighted by molar-refractivity contribution is -0.137. The first kappa shape index (κ1) is 29.6. The maximum absolute atomic E-state index is 14.0. The van der Waals surface area contributed by atoms with Crippen molar-refractivity contribution in [2.75, 3.05) is 6.54 Å². The fraction of sp³-hybridized carbons (Fsp3) is 0.467. The second kappa shape index (κ2) is 11.0. The van der Waals surface area contributed by atoms with Crippen molar-refractivity contribution in [1.82, 2.24) is 26.7 Å². The van der Waals surface area contributed by atoms with E-state index < -0.39 is 17.4 Å². The summed E-state index contributed by atoms with van der Waals surface area (Å²) in [6.45, 7) is 8.79. The standard InChI is InChI=1S/C30H36F3N7O2/c1-18(19-5-7-21(8-6-19)26(41)34-17-24-36-38-39-37-24)40-27(42)25(20-9-11-23(12-10-20)30(31,32)33)35-29(40)15-13-22(14-16-29)28(2,3)4/h5-12,18,22,38-39H,13-17H2,1-4H3,(H,34,41)(H,36,37)/t18-,22?,29?/m1/s1. The van der Waals surface area contributed by atoms with E-state index in [1.54, 1.807) is 17.0 Å². The Morgan fingerprint density at radius 1 is 1.07 bits per heavy atom. The Kier molecular flexibility index (Phi) is 7.78. The number of rotatable bonds is 6. The van der Waals surface area contributed by atoms with Crippen molar-refractivity contribution >= 4 is 23.4 Å². The molecule has 2 amide bonds. The lowest BCUT2D eigenvalue weighted by atomic mass is 9.69. The first-order valence-corrected chi connectivity index (χ1v) is 14.1. The van der Waals surface area contributed by atoms with Crippen molar-refractivity contribution in [3.63, 3.8) is 0 Å². The molecule has 12 heteroatoms. The maximum atomic E-state index is 14.0. The zero-order chi connectivity index (χ0) is 30.3. The molecule has 0 bridgehead atoms. The van der Waals surface area contributed by atoms with E-state index in [1.165, 1.54) is 12.1 Å². The van der Waals surface area contributed by atoms with Gasteiger partial charge in [0.15, 0.2) is 5.84 Å². The van der Waals surface area contributed by atoms with Crippen molar-refractivity contribution < 1.29 is 22.8 Å². The number of hydrazone groups is 1. The van der Waals surface area contributed by atoms with E-state index in [2.05, 4.69) is 47.7 Å². The van der Waals surface area contributed by atoms with Crippen LogP contribution in [0.3, 0.4) is 0 Å². The molecule has 0 unspecified atom stereocenters. The van der Waals surface area contributed by atoms with Gasteiger partial charge in [-0.15, -0.1) is 10.6 Å². The van der Waals surface area contributed by atoms with Gasteiger partial charge in [-0.25, -0.2) is 5.53 Å². The molecule has 2 aromatic carbocycles. The minimum absolute atomic E-state index is 0.116. The third kappa shape index (κ3) is 5.85. The van der Waals surface area contributed by atoms with Gasteiger partial charge in [-0.3, -0.25) is 20.0 Å². The second-order valence-electron chi connectivity index (χ2n) is 12.2. The normalized spacial score (nSPS) is 23.3. The molecule has 1 atom stereocenters. The number of amides is 2. The van der Waals surface area contributed by atoms with Crippen LogP contribution < -0.4 is 21.8 Å². The molecular weight excluding hydrogens is 547 g/mol. The molecule has 2 aliphatic heterocycles. The van der Waals surface area contributed by atoms with Gasteiger partial charge in [0.2, 0.25) is 0 Å². The highest BCUT2D eigenvalue weighted by Crippen LogP contribution is 2.49. The van der Waals surface area contributed by atoms with Crippen LogP contribution in [0, 0.1) is 11.3 Å². The van der Waals surface area contributed by atoms with Crippen LogP contribution in [0.15, 0.2) is 58.6 Å². The largest absolute Gasteiger partial charge is 0.416 e.